The van der Waals surface area contributed by atoms with Crippen molar-refractivity contribution < 1.29 is 8.83 Å². The molecule has 4 nitrogen and oxygen atoms in total. The molecule has 0 saturated carbocycles. The van der Waals surface area contributed by atoms with Gasteiger partial charge in [-0.25, -0.2) is 0 Å². The molecule has 52 heavy (non-hydrogen) atoms. The first kappa shape index (κ1) is 27.7. The number of benzene rings is 8. The van der Waals surface area contributed by atoms with Gasteiger partial charge in [-0.2, -0.15) is 0 Å². The zero-order valence-electron chi connectivity index (χ0n) is 27.9. The molecule has 0 fully saturated rings. The summed E-state index contributed by atoms with van der Waals surface area (Å²) >= 11 is 0. The highest BCUT2D eigenvalue weighted by atomic mass is 16.3. The van der Waals surface area contributed by atoms with Gasteiger partial charge < -0.3 is 18.0 Å². The quantitative estimate of drug-likeness (QED) is 0.188. The summed E-state index contributed by atoms with van der Waals surface area (Å²) in [7, 11) is 0. The third-order valence-electron chi connectivity index (χ3n) is 10.9. The van der Waals surface area contributed by atoms with Gasteiger partial charge in [0.25, 0.3) is 0 Å². The molecule has 4 heterocycles. The van der Waals surface area contributed by atoms with Gasteiger partial charge in [0.05, 0.1) is 22.1 Å². The van der Waals surface area contributed by atoms with Gasteiger partial charge in [0.1, 0.15) is 22.3 Å². The summed E-state index contributed by atoms with van der Waals surface area (Å²) in [6.07, 6.45) is 0. The molecule has 4 aromatic heterocycles. The Hall–Kier alpha value is -7.04. The smallest absolute Gasteiger partial charge is 0.137 e. The minimum absolute atomic E-state index is 0.866. The van der Waals surface area contributed by atoms with Crippen molar-refractivity contribution in [2.75, 3.05) is 0 Å². The molecular formula is C48H28N2O2. The molecule has 0 aliphatic carbocycles. The Labute approximate surface area is 296 Å². The number of fused-ring (bicyclic) bond motifs is 13. The molecule has 0 unspecified atom stereocenters. The van der Waals surface area contributed by atoms with E-state index in [-0.39, 0.29) is 0 Å². The van der Waals surface area contributed by atoms with Gasteiger partial charge in [-0.15, -0.1) is 0 Å². The molecule has 12 aromatic rings. The highest BCUT2D eigenvalue weighted by Crippen LogP contribution is 2.43. The van der Waals surface area contributed by atoms with Crippen molar-refractivity contribution in [3.05, 3.63) is 170 Å². The molecule has 0 N–H and O–H groups in total. The van der Waals surface area contributed by atoms with Crippen LogP contribution in [0.25, 0.3) is 110 Å². The number of para-hydroxylation sites is 4. The van der Waals surface area contributed by atoms with E-state index in [0.29, 0.717) is 0 Å². The lowest BCUT2D eigenvalue weighted by atomic mass is 10.0. The zero-order valence-corrected chi connectivity index (χ0v) is 27.9. The van der Waals surface area contributed by atoms with Gasteiger partial charge in [-0.05, 0) is 90.0 Å². The van der Waals surface area contributed by atoms with Crippen molar-refractivity contribution in [3.63, 3.8) is 0 Å². The first-order valence-electron chi connectivity index (χ1n) is 17.7. The first-order chi connectivity index (χ1) is 25.8. The van der Waals surface area contributed by atoms with E-state index in [1.165, 1.54) is 43.6 Å². The van der Waals surface area contributed by atoms with Crippen LogP contribution >= 0.6 is 0 Å². The number of furan rings is 2. The van der Waals surface area contributed by atoms with E-state index in [1.54, 1.807) is 0 Å². The highest BCUT2D eigenvalue weighted by Gasteiger charge is 2.21. The molecule has 0 aliphatic rings. The number of aromatic nitrogens is 2. The normalized spacial score (nSPS) is 12.2. The van der Waals surface area contributed by atoms with E-state index in [4.69, 9.17) is 8.83 Å². The molecule has 12 rings (SSSR count). The summed E-state index contributed by atoms with van der Waals surface area (Å²) in [4.78, 5) is 0. The average molecular weight is 665 g/mol. The maximum Gasteiger partial charge on any atom is 0.137 e. The van der Waals surface area contributed by atoms with Crippen LogP contribution in [-0.2, 0) is 0 Å². The first-order valence-corrected chi connectivity index (χ1v) is 17.7. The number of hydrogen-bond acceptors (Lipinski definition) is 2. The molecule has 0 amide bonds. The molecule has 0 saturated heterocycles. The van der Waals surface area contributed by atoms with E-state index >= 15 is 0 Å². The van der Waals surface area contributed by atoms with Crippen LogP contribution in [0.3, 0.4) is 0 Å². The Morgan fingerprint density at radius 1 is 0.288 bits per heavy atom. The van der Waals surface area contributed by atoms with Crippen LogP contribution < -0.4 is 0 Å². The van der Waals surface area contributed by atoms with Crippen molar-refractivity contribution >= 4 is 87.5 Å². The zero-order chi connectivity index (χ0) is 33.9. The summed E-state index contributed by atoms with van der Waals surface area (Å²) in [5, 5.41) is 9.48. The van der Waals surface area contributed by atoms with E-state index in [9.17, 15) is 0 Å². The maximum atomic E-state index is 6.65. The Kier molecular flexibility index (Phi) is 5.47. The maximum absolute atomic E-state index is 6.65. The summed E-state index contributed by atoms with van der Waals surface area (Å²) < 4.78 is 17.6. The molecule has 0 radical (unpaired) electrons. The largest absolute Gasteiger partial charge is 0.456 e. The van der Waals surface area contributed by atoms with Crippen molar-refractivity contribution in [2.45, 2.75) is 0 Å². The molecule has 8 aromatic carbocycles. The second-order valence-corrected chi connectivity index (χ2v) is 13.7. The molecule has 0 atom stereocenters. The van der Waals surface area contributed by atoms with Crippen molar-refractivity contribution in [1.82, 2.24) is 9.13 Å². The lowest BCUT2D eigenvalue weighted by Gasteiger charge is -2.09. The van der Waals surface area contributed by atoms with Crippen molar-refractivity contribution in [1.29, 1.82) is 0 Å². The molecule has 4 heteroatoms. The van der Waals surface area contributed by atoms with Gasteiger partial charge in [-0.1, -0.05) is 84.9 Å². The summed E-state index contributed by atoms with van der Waals surface area (Å²) in [5.41, 5.74) is 12.7. The second-order valence-electron chi connectivity index (χ2n) is 13.7. The van der Waals surface area contributed by atoms with Crippen LogP contribution in [0.4, 0.5) is 0 Å². The fourth-order valence-electron chi connectivity index (χ4n) is 8.64. The van der Waals surface area contributed by atoms with Crippen molar-refractivity contribution in [3.8, 4) is 22.5 Å². The predicted molar refractivity (Wildman–Crippen MR) is 215 cm³/mol. The highest BCUT2D eigenvalue weighted by molar-refractivity contribution is 6.29. The number of rotatable bonds is 3. The molecule has 0 spiro atoms. The second kappa shape index (κ2) is 10.3. The summed E-state index contributed by atoms with van der Waals surface area (Å²) in [5.74, 6) is 0. The Balaban J connectivity index is 1.05. The molecule has 0 bridgehead atoms. The molecular weight excluding hydrogens is 637 g/mol. The summed E-state index contributed by atoms with van der Waals surface area (Å²) in [6, 6.07) is 60.5. The summed E-state index contributed by atoms with van der Waals surface area (Å²) in [6.45, 7) is 0. The van der Waals surface area contributed by atoms with Gasteiger partial charge >= 0.3 is 0 Å². The van der Waals surface area contributed by atoms with Gasteiger partial charge in [0.2, 0.25) is 0 Å². The third-order valence-corrected chi connectivity index (χ3v) is 10.9. The number of hydrogen-bond donors (Lipinski definition) is 0. The van der Waals surface area contributed by atoms with E-state index in [1.807, 2.05) is 12.1 Å². The van der Waals surface area contributed by atoms with Gasteiger partial charge in [0, 0.05) is 60.5 Å². The van der Waals surface area contributed by atoms with Crippen LogP contribution in [0.5, 0.6) is 0 Å². The fraction of sp³-hybridized carbons (Fsp3) is 0. The Morgan fingerprint density at radius 2 is 0.750 bits per heavy atom. The number of nitrogens with zero attached hydrogens (tertiary/aromatic N) is 2. The van der Waals surface area contributed by atoms with Gasteiger partial charge in [-0.3, -0.25) is 0 Å². The minimum atomic E-state index is 0.866. The molecule has 242 valence electrons. The van der Waals surface area contributed by atoms with Gasteiger partial charge in [0.15, 0.2) is 0 Å². The third kappa shape index (κ3) is 3.75. The van der Waals surface area contributed by atoms with Crippen molar-refractivity contribution in [2.24, 2.45) is 0 Å². The van der Waals surface area contributed by atoms with Crippen LogP contribution in [0.15, 0.2) is 179 Å². The Morgan fingerprint density at radius 3 is 1.38 bits per heavy atom. The van der Waals surface area contributed by atoms with Crippen LogP contribution in [0.1, 0.15) is 0 Å². The monoisotopic (exact) mass is 664 g/mol. The topological polar surface area (TPSA) is 36.1 Å². The van der Waals surface area contributed by atoms with E-state index in [2.05, 4.69) is 167 Å². The Bertz CT molecular complexity index is 3410. The van der Waals surface area contributed by atoms with Crippen LogP contribution in [-0.4, -0.2) is 9.13 Å². The lowest BCUT2D eigenvalue weighted by Crippen LogP contribution is -1.94. The van der Waals surface area contributed by atoms with Crippen LogP contribution in [0.2, 0.25) is 0 Å². The van der Waals surface area contributed by atoms with Crippen LogP contribution in [0, 0.1) is 0 Å². The average Bonchev–Trinajstić information content (AvgIpc) is 3.94. The molecule has 0 aliphatic heterocycles. The minimum Gasteiger partial charge on any atom is -0.456 e. The standard InChI is InChI=1S/C48H28N2O2/c1-2-10-31(11-3-1)49-39-15-7-4-13-37(39)47-41(49)24-25-42-48(47)38-14-5-8-16-40(38)50(42)32-20-23-36-35-22-19-30(27-45(35)52-46(36)28-32)29-18-21-34-33-12-6-9-17-43(33)51-44(34)26-29/h1-28H. The predicted octanol–water partition coefficient (Wildman–Crippen LogP) is 13.3. The SMILES string of the molecule is c1ccc(-n2c3ccccc3c3c4c5ccccc5n(-c5ccc6c(c5)oc5cc(-c7ccc8c(c7)oc7ccccc78)ccc56)c4ccc32)cc1. The fourth-order valence-corrected chi connectivity index (χ4v) is 8.64. The lowest BCUT2D eigenvalue weighted by molar-refractivity contribution is 0.668. The van der Waals surface area contributed by atoms with E-state index < -0.39 is 0 Å². The van der Waals surface area contributed by atoms with E-state index in [0.717, 1.165) is 66.4 Å².